The summed E-state index contributed by atoms with van der Waals surface area (Å²) in [4.78, 5) is 20.9. The summed E-state index contributed by atoms with van der Waals surface area (Å²) < 4.78 is 33.6. The number of hydrogen-bond acceptors (Lipinski definition) is 10. The standard InChI is InChI=1S/C16H14N4O8S/c1-9(21)14(16(23)17-10-5-3-2-4-6-10)19-18-12-7-11(20(24)25)8-13(15(12)22)29(26,27)28/h2-8,21-22H,1H3,(H,17,23)(H,26,27,28)/p-1/b14-9-,19-18?. The monoisotopic (exact) mass is 421 g/mol. The summed E-state index contributed by atoms with van der Waals surface area (Å²) in [6, 6.07) is 9.10. The average Bonchev–Trinajstić information content (AvgIpc) is 2.62. The van der Waals surface area contributed by atoms with Crippen molar-refractivity contribution in [3.63, 3.8) is 0 Å². The number of carbonyl (C=O) groups excluding carboxylic acids is 1. The molecule has 152 valence electrons. The average molecular weight is 421 g/mol. The van der Waals surface area contributed by atoms with E-state index in [2.05, 4.69) is 15.5 Å². The second-order valence-electron chi connectivity index (χ2n) is 5.48. The molecule has 2 rings (SSSR count). The van der Waals surface area contributed by atoms with Crippen molar-refractivity contribution in [1.82, 2.24) is 0 Å². The number of anilines is 1. The predicted octanol–water partition coefficient (Wildman–Crippen LogP) is 2.72. The highest BCUT2D eigenvalue weighted by molar-refractivity contribution is 7.85. The lowest BCUT2D eigenvalue weighted by atomic mass is 10.2. The molecule has 0 aliphatic carbocycles. The summed E-state index contributed by atoms with van der Waals surface area (Å²) >= 11 is 0. The molecule has 0 aliphatic rings. The number of aliphatic hydroxyl groups is 1. The van der Waals surface area contributed by atoms with Crippen molar-refractivity contribution in [2.24, 2.45) is 10.2 Å². The molecule has 2 aromatic carbocycles. The van der Waals surface area contributed by atoms with Crippen LogP contribution in [0.5, 0.6) is 5.75 Å². The van der Waals surface area contributed by atoms with Gasteiger partial charge in [0.15, 0.2) is 11.4 Å². The molecule has 0 radical (unpaired) electrons. The highest BCUT2D eigenvalue weighted by atomic mass is 32.2. The molecule has 0 atom stereocenters. The van der Waals surface area contributed by atoms with E-state index in [0.717, 1.165) is 6.92 Å². The van der Waals surface area contributed by atoms with Crippen LogP contribution in [0, 0.1) is 10.1 Å². The van der Waals surface area contributed by atoms with Crippen LogP contribution in [0.4, 0.5) is 17.1 Å². The molecule has 0 aromatic heterocycles. The van der Waals surface area contributed by atoms with Gasteiger partial charge < -0.3 is 20.1 Å². The quantitative estimate of drug-likeness (QED) is 0.158. The van der Waals surface area contributed by atoms with Crippen LogP contribution in [0.15, 0.2) is 69.0 Å². The fraction of sp³-hybridized carbons (Fsp3) is 0.0625. The first-order valence-electron chi connectivity index (χ1n) is 7.66. The van der Waals surface area contributed by atoms with Crippen molar-refractivity contribution >= 4 is 33.1 Å². The lowest BCUT2D eigenvalue weighted by Crippen LogP contribution is -2.14. The van der Waals surface area contributed by atoms with Gasteiger partial charge in [0.25, 0.3) is 11.6 Å². The Morgan fingerprint density at radius 2 is 1.83 bits per heavy atom. The first-order chi connectivity index (χ1) is 13.5. The number of nitrogens with one attached hydrogen (secondary N) is 1. The normalized spacial score (nSPS) is 12.5. The largest absolute Gasteiger partial charge is 0.744 e. The molecule has 0 fully saturated rings. The van der Waals surface area contributed by atoms with E-state index < -0.39 is 54.4 Å². The summed E-state index contributed by atoms with van der Waals surface area (Å²) in [5.41, 5.74) is -1.87. The Kier molecular flexibility index (Phi) is 6.25. The van der Waals surface area contributed by atoms with Crippen LogP contribution in [0.3, 0.4) is 0 Å². The van der Waals surface area contributed by atoms with E-state index in [0.29, 0.717) is 17.8 Å². The minimum Gasteiger partial charge on any atom is -0.744 e. The van der Waals surface area contributed by atoms with Crippen LogP contribution in [-0.4, -0.2) is 34.0 Å². The number of para-hydroxylation sites is 1. The molecule has 0 saturated heterocycles. The number of phenols is 1. The van der Waals surface area contributed by atoms with E-state index in [1.807, 2.05) is 0 Å². The summed E-state index contributed by atoms with van der Waals surface area (Å²) in [6.45, 7) is 1.11. The first-order valence-corrected chi connectivity index (χ1v) is 9.07. The molecule has 12 nitrogen and oxygen atoms in total. The Labute approximate surface area is 163 Å². The third-order valence-electron chi connectivity index (χ3n) is 3.37. The smallest absolute Gasteiger partial charge is 0.279 e. The number of nitro groups is 1. The Bertz CT molecular complexity index is 1120. The number of rotatable bonds is 6. The minimum absolute atomic E-state index is 0.365. The fourth-order valence-electron chi connectivity index (χ4n) is 2.05. The van der Waals surface area contributed by atoms with Crippen LogP contribution in [0.25, 0.3) is 0 Å². The van der Waals surface area contributed by atoms with Crippen molar-refractivity contribution in [3.8, 4) is 5.75 Å². The Morgan fingerprint density at radius 3 is 2.34 bits per heavy atom. The van der Waals surface area contributed by atoms with Crippen molar-refractivity contribution in [2.45, 2.75) is 11.8 Å². The number of amides is 1. The van der Waals surface area contributed by atoms with Gasteiger partial charge in [0.1, 0.15) is 26.5 Å². The molecule has 0 heterocycles. The number of aromatic hydroxyl groups is 1. The van der Waals surface area contributed by atoms with Crippen LogP contribution in [0.1, 0.15) is 6.92 Å². The van der Waals surface area contributed by atoms with E-state index in [4.69, 9.17) is 0 Å². The summed E-state index contributed by atoms with van der Waals surface area (Å²) in [5, 5.41) is 39.8. The lowest BCUT2D eigenvalue weighted by molar-refractivity contribution is -0.385. The maximum Gasteiger partial charge on any atom is 0.279 e. The fourth-order valence-corrected chi connectivity index (χ4v) is 2.66. The van der Waals surface area contributed by atoms with Crippen molar-refractivity contribution in [3.05, 3.63) is 64.0 Å². The number of aliphatic hydroxyl groups excluding tert-OH is 1. The zero-order valence-corrected chi connectivity index (χ0v) is 15.5. The summed E-state index contributed by atoms with van der Waals surface area (Å²) in [5.74, 6) is -2.67. The number of benzene rings is 2. The number of azo groups is 1. The molecular formula is C16H13N4O8S-. The van der Waals surface area contributed by atoms with Crippen LogP contribution >= 0.6 is 0 Å². The summed E-state index contributed by atoms with van der Waals surface area (Å²) in [7, 11) is -5.27. The Morgan fingerprint density at radius 1 is 1.21 bits per heavy atom. The molecule has 0 spiro atoms. The molecule has 2 aromatic rings. The van der Waals surface area contributed by atoms with Gasteiger partial charge in [0.05, 0.1) is 4.92 Å². The van der Waals surface area contributed by atoms with E-state index in [1.165, 1.54) is 0 Å². The number of nitro benzene ring substituents is 1. The van der Waals surface area contributed by atoms with Gasteiger partial charge in [0, 0.05) is 17.8 Å². The van der Waals surface area contributed by atoms with Crippen LogP contribution < -0.4 is 5.32 Å². The molecule has 3 N–H and O–H groups in total. The number of hydrogen-bond donors (Lipinski definition) is 3. The van der Waals surface area contributed by atoms with Crippen molar-refractivity contribution in [1.29, 1.82) is 0 Å². The first kappa shape index (κ1) is 21.5. The second kappa shape index (κ2) is 8.45. The SMILES string of the molecule is C/C(O)=C(/N=Nc1cc([N+](=O)[O-])cc(S(=O)(=O)[O-])c1O)C(=O)Nc1ccccc1. The van der Waals surface area contributed by atoms with Gasteiger partial charge in [-0.2, -0.15) is 0 Å². The van der Waals surface area contributed by atoms with E-state index in [9.17, 15) is 38.1 Å². The number of non-ortho nitro benzene ring substituents is 1. The van der Waals surface area contributed by atoms with Gasteiger partial charge in [-0.3, -0.25) is 14.9 Å². The lowest BCUT2D eigenvalue weighted by Gasteiger charge is -2.10. The molecule has 0 unspecified atom stereocenters. The third kappa shape index (κ3) is 5.33. The molecule has 0 saturated carbocycles. The molecule has 0 bridgehead atoms. The predicted molar refractivity (Wildman–Crippen MR) is 97.6 cm³/mol. The van der Waals surface area contributed by atoms with Crippen LogP contribution in [-0.2, 0) is 14.9 Å². The minimum atomic E-state index is -5.27. The number of carbonyl (C=O) groups is 1. The van der Waals surface area contributed by atoms with Gasteiger partial charge in [-0.05, 0) is 19.1 Å². The van der Waals surface area contributed by atoms with Gasteiger partial charge in [-0.15, -0.1) is 10.2 Å². The van der Waals surface area contributed by atoms with Gasteiger partial charge in [-0.1, -0.05) is 18.2 Å². The summed E-state index contributed by atoms with van der Waals surface area (Å²) in [6.07, 6.45) is 0. The number of allylic oxidation sites excluding steroid dienone is 1. The van der Waals surface area contributed by atoms with Gasteiger partial charge in [-0.25, -0.2) is 8.42 Å². The molecule has 29 heavy (non-hydrogen) atoms. The Hall–Kier alpha value is -3.84. The van der Waals surface area contributed by atoms with E-state index >= 15 is 0 Å². The van der Waals surface area contributed by atoms with Crippen molar-refractivity contribution in [2.75, 3.05) is 5.32 Å². The maximum atomic E-state index is 12.3. The maximum absolute atomic E-state index is 12.3. The van der Waals surface area contributed by atoms with Crippen molar-refractivity contribution < 1.29 is 32.9 Å². The zero-order chi connectivity index (χ0) is 21.8. The highest BCUT2D eigenvalue weighted by Crippen LogP contribution is 2.38. The van der Waals surface area contributed by atoms with Crippen LogP contribution in [0.2, 0.25) is 0 Å². The molecule has 1 amide bonds. The zero-order valence-electron chi connectivity index (χ0n) is 14.6. The number of phenolic OH excluding ortho intramolecular Hbond substituents is 1. The van der Waals surface area contributed by atoms with E-state index in [1.54, 1.807) is 30.3 Å². The molecule has 0 aliphatic heterocycles. The highest BCUT2D eigenvalue weighted by Gasteiger charge is 2.21. The molecular weight excluding hydrogens is 408 g/mol. The van der Waals surface area contributed by atoms with Gasteiger partial charge in [0.2, 0.25) is 0 Å². The van der Waals surface area contributed by atoms with Gasteiger partial charge >= 0.3 is 0 Å². The van der Waals surface area contributed by atoms with E-state index in [-0.39, 0.29) is 0 Å². The molecule has 13 heteroatoms. The topological polar surface area (TPSA) is 195 Å². The second-order valence-corrected chi connectivity index (χ2v) is 6.83. The Balaban J connectivity index is 2.47. The number of nitrogens with zero attached hydrogens (tertiary/aromatic N) is 3. The third-order valence-corrected chi connectivity index (χ3v) is 4.22.